The molecule has 0 spiro atoms. The quantitative estimate of drug-likeness (QED) is 0.819. The lowest BCUT2D eigenvalue weighted by molar-refractivity contribution is 0.0697. The standard InChI is InChI=1S/C10H11ClF2N2O2/c1-15(4-8(12)13)9-6(10(16)17)2-5(14)3-7(9)11/h2-3,8H,4,14H2,1H3,(H,16,17). The van der Waals surface area contributed by atoms with E-state index in [-0.39, 0.29) is 22.0 Å². The Bertz CT molecular complexity index is 441. The predicted molar refractivity (Wildman–Crippen MR) is 62.1 cm³/mol. The summed E-state index contributed by atoms with van der Waals surface area (Å²) in [7, 11) is 1.34. The average Bonchev–Trinajstić information content (AvgIpc) is 2.14. The molecule has 0 aliphatic heterocycles. The molecule has 0 radical (unpaired) electrons. The minimum atomic E-state index is -2.59. The van der Waals surface area contributed by atoms with Gasteiger partial charge < -0.3 is 15.7 Å². The van der Waals surface area contributed by atoms with Gasteiger partial charge in [-0.05, 0) is 12.1 Å². The highest BCUT2D eigenvalue weighted by Gasteiger charge is 2.20. The largest absolute Gasteiger partial charge is 0.478 e. The number of carbonyl (C=O) groups is 1. The van der Waals surface area contributed by atoms with Gasteiger partial charge in [-0.3, -0.25) is 0 Å². The number of aromatic carboxylic acids is 1. The second-order valence-electron chi connectivity index (χ2n) is 3.48. The van der Waals surface area contributed by atoms with Crippen LogP contribution in [0.15, 0.2) is 12.1 Å². The van der Waals surface area contributed by atoms with Crippen molar-refractivity contribution in [2.75, 3.05) is 24.2 Å². The Labute approximate surface area is 102 Å². The highest BCUT2D eigenvalue weighted by atomic mass is 35.5. The third-order valence-electron chi connectivity index (χ3n) is 2.11. The number of alkyl halides is 2. The maximum absolute atomic E-state index is 12.3. The normalized spacial score (nSPS) is 10.6. The van der Waals surface area contributed by atoms with Crippen LogP contribution in [0.5, 0.6) is 0 Å². The molecule has 1 aromatic carbocycles. The number of carboxylic acid groups (broad SMARTS) is 1. The number of benzene rings is 1. The second kappa shape index (κ2) is 5.18. The van der Waals surface area contributed by atoms with E-state index < -0.39 is 18.9 Å². The van der Waals surface area contributed by atoms with Crippen molar-refractivity contribution in [3.63, 3.8) is 0 Å². The second-order valence-corrected chi connectivity index (χ2v) is 3.88. The van der Waals surface area contributed by atoms with Crippen LogP contribution in [0.2, 0.25) is 5.02 Å². The van der Waals surface area contributed by atoms with Crippen molar-refractivity contribution in [2.24, 2.45) is 0 Å². The smallest absolute Gasteiger partial charge is 0.337 e. The first-order valence-corrected chi connectivity index (χ1v) is 5.02. The Morgan fingerprint density at radius 3 is 2.65 bits per heavy atom. The molecule has 0 bridgehead atoms. The van der Waals surface area contributed by atoms with Gasteiger partial charge in [0.1, 0.15) is 0 Å². The zero-order valence-corrected chi connectivity index (χ0v) is 9.71. The van der Waals surface area contributed by atoms with Crippen LogP contribution in [-0.2, 0) is 0 Å². The van der Waals surface area contributed by atoms with Gasteiger partial charge in [-0.15, -0.1) is 0 Å². The summed E-state index contributed by atoms with van der Waals surface area (Å²) < 4.78 is 24.5. The van der Waals surface area contributed by atoms with Gasteiger partial charge in [0.05, 0.1) is 22.8 Å². The van der Waals surface area contributed by atoms with Gasteiger partial charge in [-0.1, -0.05) is 11.6 Å². The number of anilines is 2. The minimum Gasteiger partial charge on any atom is -0.478 e. The fourth-order valence-electron chi connectivity index (χ4n) is 1.47. The minimum absolute atomic E-state index is 0.0329. The lowest BCUT2D eigenvalue weighted by Gasteiger charge is -2.22. The average molecular weight is 265 g/mol. The molecule has 1 aromatic rings. The first kappa shape index (κ1) is 13.5. The van der Waals surface area contributed by atoms with Crippen LogP contribution < -0.4 is 10.6 Å². The van der Waals surface area contributed by atoms with Crippen LogP contribution in [0, 0.1) is 0 Å². The lowest BCUT2D eigenvalue weighted by Crippen LogP contribution is -2.26. The predicted octanol–water partition coefficient (Wildman–Crippen LogP) is 2.32. The first-order valence-electron chi connectivity index (χ1n) is 4.64. The van der Waals surface area contributed by atoms with Crippen molar-refractivity contribution in [1.82, 2.24) is 0 Å². The van der Waals surface area contributed by atoms with Crippen molar-refractivity contribution in [2.45, 2.75) is 6.43 Å². The van der Waals surface area contributed by atoms with Crippen LogP contribution in [0.1, 0.15) is 10.4 Å². The molecule has 0 heterocycles. The lowest BCUT2D eigenvalue weighted by atomic mass is 10.1. The number of nitrogens with zero attached hydrogens (tertiary/aromatic N) is 1. The highest BCUT2D eigenvalue weighted by Crippen LogP contribution is 2.32. The molecule has 3 N–H and O–H groups in total. The molecule has 0 unspecified atom stereocenters. The number of nitrogen functional groups attached to an aromatic ring is 1. The van der Waals surface area contributed by atoms with Gasteiger partial charge in [-0.25, -0.2) is 13.6 Å². The molecule has 0 saturated heterocycles. The summed E-state index contributed by atoms with van der Waals surface area (Å²) in [5.41, 5.74) is 5.46. The van der Waals surface area contributed by atoms with Crippen LogP contribution in [-0.4, -0.2) is 31.1 Å². The number of halogens is 3. The van der Waals surface area contributed by atoms with Crippen molar-refractivity contribution in [3.8, 4) is 0 Å². The fourth-order valence-corrected chi connectivity index (χ4v) is 1.84. The van der Waals surface area contributed by atoms with Gasteiger partial charge in [0, 0.05) is 12.7 Å². The van der Waals surface area contributed by atoms with Gasteiger partial charge in [0.2, 0.25) is 0 Å². The van der Waals surface area contributed by atoms with E-state index in [4.69, 9.17) is 22.4 Å². The Kier molecular flexibility index (Phi) is 4.11. The van der Waals surface area contributed by atoms with Gasteiger partial charge in [-0.2, -0.15) is 0 Å². The van der Waals surface area contributed by atoms with Crippen LogP contribution in [0.4, 0.5) is 20.2 Å². The van der Waals surface area contributed by atoms with Crippen LogP contribution in [0.25, 0.3) is 0 Å². The van der Waals surface area contributed by atoms with Crippen LogP contribution >= 0.6 is 11.6 Å². The molecule has 0 aromatic heterocycles. The van der Waals surface area contributed by atoms with E-state index in [0.29, 0.717) is 0 Å². The molecular formula is C10H11ClF2N2O2. The number of nitrogens with two attached hydrogens (primary N) is 1. The van der Waals surface area contributed by atoms with E-state index >= 15 is 0 Å². The molecule has 7 heteroatoms. The topological polar surface area (TPSA) is 66.6 Å². The third kappa shape index (κ3) is 3.20. The van der Waals surface area contributed by atoms with Crippen molar-refractivity contribution in [3.05, 3.63) is 22.7 Å². The van der Waals surface area contributed by atoms with Crippen LogP contribution in [0.3, 0.4) is 0 Å². The first-order chi connectivity index (χ1) is 7.82. The Morgan fingerprint density at radius 1 is 1.59 bits per heavy atom. The zero-order valence-electron chi connectivity index (χ0n) is 8.95. The van der Waals surface area contributed by atoms with Gasteiger partial charge >= 0.3 is 5.97 Å². The van der Waals surface area contributed by atoms with Gasteiger partial charge in [0.25, 0.3) is 6.43 Å². The molecule has 17 heavy (non-hydrogen) atoms. The summed E-state index contributed by atoms with van der Waals surface area (Å²) in [5, 5.41) is 9.00. The van der Waals surface area contributed by atoms with E-state index in [9.17, 15) is 13.6 Å². The Hall–Kier alpha value is -1.56. The number of hydrogen-bond donors (Lipinski definition) is 2. The molecule has 1 rings (SSSR count). The summed E-state index contributed by atoms with van der Waals surface area (Å²) in [4.78, 5) is 12.1. The molecule has 0 aliphatic carbocycles. The maximum Gasteiger partial charge on any atom is 0.337 e. The molecule has 0 aliphatic rings. The zero-order chi connectivity index (χ0) is 13.2. The summed E-state index contributed by atoms with van der Waals surface area (Å²) in [6.07, 6.45) is -2.59. The molecule has 0 atom stereocenters. The van der Waals surface area contributed by atoms with Crippen molar-refractivity contribution < 1.29 is 18.7 Å². The molecule has 4 nitrogen and oxygen atoms in total. The fraction of sp³-hybridized carbons (Fsp3) is 0.300. The molecule has 0 fully saturated rings. The van der Waals surface area contributed by atoms with E-state index in [1.54, 1.807) is 0 Å². The summed E-state index contributed by atoms with van der Waals surface area (Å²) in [5.74, 6) is -1.27. The number of carboxylic acids is 1. The number of hydrogen-bond acceptors (Lipinski definition) is 3. The third-order valence-corrected chi connectivity index (χ3v) is 2.40. The van der Waals surface area contributed by atoms with E-state index in [1.807, 2.05) is 0 Å². The van der Waals surface area contributed by atoms with E-state index in [0.717, 1.165) is 4.90 Å². The van der Waals surface area contributed by atoms with Crippen molar-refractivity contribution >= 4 is 28.9 Å². The molecular weight excluding hydrogens is 254 g/mol. The highest BCUT2D eigenvalue weighted by molar-refractivity contribution is 6.34. The van der Waals surface area contributed by atoms with E-state index in [1.165, 1.54) is 19.2 Å². The Balaban J connectivity index is 3.25. The summed E-state index contributed by atoms with van der Waals surface area (Å²) >= 11 is 5.83. The monoisotopic (exact) mass is 264 g/mol. The number of rotatable bonds is 4. The van der Waals surface area contributed by atoms with Gasteiger partial charge in [0.15, 0.2) is 0 Å². The summed E-state index contributed by atoms with van der Waals surface area (Å²) in [6.45, 7) is -0.607. The molecule has 94 valence electrons. The SMILES string of the molecule is CN(CC(F)F)c1c(Cl)cc(N)cc1C(=O)O. The van der Waals surface area contributed by atoms with E-state index in [2.05, 4.69) is 0 Å². The van der Waals surface area contributed by atoms with Crippen molar-refractivity contribution in [1.29, 1.82) is 0 Å². The molecule has 0 saturated carbocycles. The summed E-state index contributed by atoms with van der Waals surface area (Å²) in [6, 6.07) is 2.51. The maximum atomic E-state index is 12.3. The molecule has 0 amide bonds. The Morgan fingerprint density at radius 2 is 2.18 bits per heavy atom.